The number of aliphatic hydroxyl groups excluding tert-OH is 1. The van der Waals surface area contributed by atoms with Crippen LogP contribution in [0, 0.1) is 17.8 Å². The predicted octanol–water partition coefficient (Wildman–Crippen LogP) is 2.67. The van der Waals surface area contributed by atoms with Gasteiger partial charge in [0.05, 0.1) is 26.4 Å². The Morgan fingerprint density at radius 3 is 2.94 bits per heavy atom. The molecule has 0 aromatic carbocycles. The van der Waals surface area contributed by atoms with Crippen LogP contribution >= 0.6 is 0 Å². The van der Waals surface area contributed by atoms with Gasteiger partial charge in [-0.3, -0.25) is 4.99 Å². The Kier molecular flexibility index (Phi) is 5.64. The van der Waals surface area contributed by atoms with Crippen LogP contribution in [0.4, 0.5) is 0 Å². The highest BCUT2D eigenvalue weighted by Gasteiger charge is 2.34. The molecule has 104 valence electrons. The van der Waals surface area contributed by atoms with E-state index in [2.05, 4.69) is 6.92 Å². The van der Waals surface area contributed by atoms with Crippen molar-refractivity contribution in [1.29, 1.82) is 0 Å². The summed E-state index contributed by atoms with van der Waals surface area (Å²) in [6.45, 7) is 4.29. The first-order valence-corrected chi connectivity index (χ1v) is 7.55. The van der Waals surface area contributed by atoms with Gasteiger partial charge in [0, 0.05) is 5.71 Å². The van der Waals surface area contributed by atoms with Gasteiger partial charge < -0.3 is 9.84 Å². The molecule has 0 heterocycles. The topological polar surface area (TPSA) is 41.8 Å². The van der Waals surface area contributed by atoms with Crippen LogP contribution in [0.1, 0.15) is 45.4 Å². The Morgan fingerprint density at radius 1 is 1.28 bits per heavy atom. The third-order valence-electron chi connectivity index (χ3n) is 4.55. The molecule has 0 aromatic rings. The van der Waals surface area contributed by atoms with Gasteiger partial charge >= 0.3 is 0 Å². The number of ether oxygens (including phenoxy) is 1. The van der Waals surface area contributed by atoms with Gasteiger partial charge in [0.15, 0.2) is 0 Å². The molecular weight excluding hydrogens is 226 g/mol. The van der Waals surface area contributed by atoms with Gasteiger partial charge in [-0.1, -0.05) is 13.3 Å². The number of hydrogen-bond donors (Lipinski definition) is 1. The lowest BCUT2D eigenvalue weighted by Crippen LogP contribution is -2.33. The van der Waals surface area contributed by atoms with E-state index < -0.39 is 0 Å². The molecule has 0 radical (unpaired) electrons. The van der Waals surface area contributed by atoms with E-state index in [-0.39, 0.29) is 6.61 Å². The highest BCUT2D eigenvalue weighted by Crippen LogP contribution is 2.42. The summed E-state index contributed by atoms with van der Waals surface area (Å²) in [7, 11) is 0. The second kappa shape index (κ2) is 7.25. The van der Waals surface area contributed by atoms with E-state index in [0.29, 0.717) is 13.2 Å². The number of aliphatic hydroxyl groups is 1. The molecule has 0 aromatic heterocycles. The molecule has 2 aliphatic rings. The summed E-state index contributed by atoms with van der Waals surface area (Å²) in [5.41, 5.74) is 1.46. The molecule has 2 bridgehead atoms. The fourth-order valence-electron chi connectivity index (χ4n) is 3.59. The van der Waals surface area contributed by atoms with Crippen molar-refractivity contribution >= 4 is 5.71 Å². The average molecular weight is 253 g/mol. The van der Waals surface area contributed by atoms with Crippen LogP contribution in [-0.2, 0) is 4.74 Å². The van der Waals surface area contributed by atoms with Crippen molar-refractivity contribution < 1.29 is 9.84 Å². The molecule has 18 heavy (non-hydrogen) atoms. The Morgan fingerprint density at radius 2 is 2.17 bits per heavy atom. The first-order valence-electron chi connectivity index (χ1n) is 7.55. The molecule has 2 aliphatic carbocycles. The molecule has 3 heteroatoms. The highest BCUT2D eigenvalue weighted by atomic mass is 16.5. The van der Waals surface area contributed by atoms with E-state index in [1.165, 1.54) is 44.2 Å². The Bertz CT molecular complexity index is 278. The van der Waals surface area contributed by atoms with Crippen LogP contribution in [0.25, 0.3) is 0 Å². The van der Waals surface area contributed by atoms with Crippen molar-refractivity contribution in [3.05, 3.63) is 0 Å². The molecule has 0 spiro atoms. The van der Waals surface area contributed by atoms with Gasteiger partial charge in [-0.15, -0.1) is 0 Å². The van der Waals surface area contributed by atoms with E-state index in [1.54, 1.807) is 0 Å². The van der Waals surface area contributed by atoms with E-state index in [1.807, 2.05) is 0 Å². The Hall–Kier alpha value is -0.410. The Balaban J connectivity index is 1.80. The van der Waals surface area contributed by atoms with E-state index in [0.717, 1.165) is 24.3 Å². The molecule has 2 saturated carbocycles. The lowest BCUT2D eigenvalue weighted by Gasteiger charge is -2.39. The number of hydrogen-bond acceptors (Lipinski definition) is 3. The maximum absolute atomic E-state index is 8.63. The van der Waals surface area contributed by atoms with Crippen LogP contribution in [0.5, 0.6) is 0 Å². The number of nitrogens with zero attached hydrogens (tertiary/aromatic N) is 1. The minimum absolute atomic E-state index is 0.110. The van der Waals surface area contributed by atoms with Crippen LogP contribution in [0.2, 0.25) is 0 Å². The van der Waals surface area contributed by atoms with Crippen molar-refractivity contribution in [3.8, 4) is 0 Å². The third-order valence-corrected chi connectivity index (χ3v) is 4.55. The van der Waals surface area contributed by atoms with Crippen molar-refractivity contribution in [2.75, 3.05) is 26.4 Å². The second-order valence-electron chi connectivity index (χ2n) is 5.79. The van der Waals surface area contributed by atoms with Crippen LogP contribution in [0.15, 0.2) is 4.99 Å². The SMILES string of the molecule is CCC1CC2CCC(=NCCOCCO)C(C1)C2. The van der Waals surface area contributed by atoms with Gasteiger partial charge in [-0.2, -0.15) is 0 Å². The zero-order valence-corrected chi connectivity index (χ0v) is 11.6. The van der Waals surface area contributed by atoms with Crippen molar-refractivity contribution in [2.24, 2.45) is 22.7 Å². The standard InChI is InChI=1S/C15H27NO2/c1-2-12-9-13-3-4-15(14(10-12)11-13)16-5-7-18-8-6-17/h12-14,17H,2-11H2,1H3. The van der Waals surface area contributed by atoms with E-state index in [9.17, 15) is 0 Å². The summed E-state index contributed by atoms with van der Waals surface area (Å²) in [6.07, 6.45) is 8.10. The minimum Gasteiger partial charge on any atom is -0.394 e. The van der Waals surface area contributed by atoms with Crippen molar-refractivity contribution in [1.82, 2.24) is 0 Å². The number of aliphatic imine (C=N–C) groups is 1. The van der Waals surface area contributed by atoms with Crippen molar-refractivity contribution in [3.63, 3.8) is 0 Å². The summed E-state index contributed by atoms with van der Waals surface area (Å²) in [5.74, 6) is 2.67. The molecule has 3 nitrogen and oxygen atoms in total. The molecule has 2 fully saturated rings. The van der Waals surface area contributed by atoms with Gasteiger partial charge in [0.2, 0.25) is 0 Å². The maximum atomic E-state index is 8.63. The highest BCUT2D eigenvalue weighted by molar-refractivity contribution is 5.87. The number of fused-ring (bicyclic) bond motifs is 2. The fourth-order valence-corrected chi connectivity index (χ4v) is 3.59. The molecule has 3 atom stereocenters. The zero-order valence-electron chi connectivity index (χ0n) is 11.6. The fraction of sp³-hybridized carbons (Fsp3) is 0.933. The summed E-state index contributed by atoms with van der Waals surface area (Å²) < 4.78 is 5.26. The summed E-state index contributed by atoms with van der Waals surface area (Å²) in [4.78, 5) is 4.75. The molecule has 0 amide bonds. The van der Waals surface area contributed by atoms with Gasteiger partial charge in [-0.05, 0) is 49.9 Å². The minimum atomic E-state index is 0.110. The summed E-state index contributed by atoms with van der Waals surface area (Å²) in [5, 5.41) is 8.63. The molecule has 3 unspecified atom stereocenters. The first kappa shape index (κ1) is 14.0. The summed E-state index contributed by atoms with van der Waals surface area (Å²) >= 11 is 0. The summed E-state index contributed by atoms with van der Waals surface area (Å²) in [6, 6.07) is 0. The van der Waals surface area contributed by atoms with Crippen LogP contribution in [-0.4, -0.2) is 37.2 Å². The quantitative estimate of drug-likeness (QED) is 0.739. The monoisotopic (exact) mass is 253 g/mol. The van der Waals surface area contributed by atoms with Crippen LogP contribution in [0.3, 0.4) is 0 Å². The van der Waals surface area contributed by atoms with Crippen molar-refractivity contribution in [2.45, 2.75) is 45.4 Å². The Labute approximate surface area is 111 Å². The lowest BCUT2D eigenvalue weighted by atomic mass is 9.66. The largest absolute Gasteiger partial charge is 0.394 e. The van der Waals surface area contributed by atoms with E-state index >= 15 is 0 Å². The van der Waals surface area contributed by atoms with Gasteiger partial charge in [-0.25, -0.2) is 0 Å². The molecule has 2 rings (SSSR count). The van der Waals surface area contributed by atoms with Gasteiger partial charge in [0.1, 0.15) is 0 Å². The molecular formula is C15H27NO2. The predicted molar refractivity (Wildman–Crippen MR) is 74.1 cm³/mol. The van der Waals surface area contributed by atoms with Crippen LogP contribution < -0.4 is 0 Å². The maximum Gasteiger partial charge on any atom is 0.0698 e. The molecule has 1 N–H and O–H groups in total. The second-order valence-corrected chi connectivity index (χ2v) is 5.79. The first-order chi connectivity index (χ1) is 8.83. The smallest absolute Gasteiger partial charge is 0.0698 e. The number of rotatable bonds is 6. The molecule has 0 saturated heterocycles. The third kappa shape index (κ3) is 3.79. The average Bonchev–Trinajstić information content (AvgIpc) is 2.40. The zero-order chi connectivity index (χ0) is 12.8. The lowest BCUT2D eigenvalue weighted by molar-refractivity contribution is 0.0976. The molecule has 0 aliphatic heterocycles. The van der Waals surface area contributed by atoms with E-state index in [4.69, 9.17) is 14.8 Å². The normalized spacial score (nSPS) is 33.9. The van der Waals surface area contributed by atoms with Gasteiger partial charge in [0.25, 0.3) is 0 Å².